The Morgan fingerprint density at radius 3 is 2.48 bits per heavy atom. The number of likely N-dealkylation sites (tertiary alicyclic amines) is 1. The third-order valence-corrected chi connectivity index (χ3v) is 4.63. The fraction of sp³-hybridized carbons (Fsp3) is 0.765. The maximum Gasteiger partial charge on any atom is 0.243 e. The lowest BCUT2D eigenvalue weighted by atomic mass is 10.0. The number of hydrogen-bond acceptors (Lipinski definition) is 6. The Morgan fingerprint density at radius 2 is 1.93 bits per heavy atom. The zero-order valence-corrected chi connectivity index (χ0v) is 16.8. The molecule has 1 fully saturated rings. The van der Waals surface area contributed by atoms with E-state index < -0.39 is 35.8 Å². The van der Waals surface area contributed by atoms with E-state index in [1.54, 1.807) is 0 Å². The van der Waals surface area contributed by atoms with Crippen LogP contribution in [0.2, 0.25) is 0 Å². The zero-order chi connectivity index (χ0) is 20.6. The molecule has 0 unspecified atom stereocenters. The zero-order valence-electron chi connectivity index (χ0n) is 15.9. The van der Waals surface area contributed by atoms with Crippen molar-refractivity contribution in [2.45, 2.75) is 57.7 Å². The standard InChI is InChI=1S/C17H31N5O4S/c1-10(2)8-12(15(24)20-9-14(19)23)21-16(25)13-4-3-6-22(13)17(26)11(18)5-7-27/h10-13,27H,3-9,18H2,1-2H3,(H2,19,23)(H,20,24)(H,21,25)/t11-,12-,13-/m0/s1. The third kappa shape index (κ3) is 7.37. The van der Waals surface area contributed by atoms with Crippen molar-refractivity contribution < 1.29 is 19.2 Å². The van der Waals surface area contributed by atoms with Crippen LogP contribution in [0.1, 0.15) is 39.5 Å². The fourth-order valence-corrected chi connectivity index (χ4v) is 3.33. The quantitative estimate of drug-likeness (QED) is 0.290. The van der Waals surface area contributed by atoms with Gasteiger partial charge in [-0.3, -0.25) is 19.2 Å². The van der Waals surface area contributed by atoms with Crippen LogP contribution in [0.5, 0.6) is 0 Å². The Bertz CT molecular complexity index is 557. The molecule has 3 atom stereocenters. The predicted molar refractivity (Wildman–Crippen MR) is 105 cm³/mol. The summed E-state index contributed by atoms with van der Waals surface area (Å²) in [4.78, 5) is 49.9. The number of rotatable bonds is 10. The van der Waals surface area contributed by atoms with Crippen LogP contribution in [0.3, 0.4) is 0 Å². The second kappa shape index (κ2) is 11.1. The number of amides is 4. The van der Waals surface area contributed by atoms with Gasteiger partial charge in [-0.15, -0.1) is 0 Å². The molecule has 1 saturated heterocycles. The van der Waals surface area contributed by atoms with Crippen molar-refractivity contribution in [1.82, 2.24) is 15.5 Å². The Kier molecular flexibility index (Phi) is 9.57. The lowest BCUT2D eigenvalue weighted by Crippen LogP contribution is -2.55. The van der Waals surface area contributed by atoms with E-state index >= 15 is 0 Å². The molecule has 0 aromatic rings. The molecular weight excluding hydrogens is 370 g/mol. The Hall–Kier alpha value is -1.81. The van der Waals surface area contributed by atoms with Crippen molar-refractivity contribution in [2.75, 3.05) is 18.8 Å². The minimum Gasteiger partial charge on any atom is -0.368 e. The summed E-state index contributed by atoms with van der Waals surface area (Å²) in [5.41, 5.74) is 10.9. The minimum atomic E-state index is -0.805. The number of nitrogens with zero attached hydrogens (tertiary/aromatic N) is 1. The minimum absolute atomic E-state index is 0.139. The summed E-state index contributed by atoms with van der Waals surface area (Å²) >= 11 is 4.09. The van der Waals surface area contributed by atoms with Crippen LogP contribution < -0.4 is 22.1 Å². The van der Waals surface area contributed by atoms with Gasteiger partial charge in [0.2, 0.25) is 23.6 Å². The second-order valence-corrected chi connectivity index (χ2v) is 7.63. The first-order valence-electron chi connectivity index (χ1n) is 9.20. The lowest BCUT2D eigenvalue weighted by Gasteiger charge is -2.28. The highest BCUT2D eigenvalue weighted by Crippen LogP contribution is 2.19. The van der Waals surface area contributed by atoms with Gasteiger partial charge in [0.15, 0.2) is 0 Å². The second-order valence-electron chi connectivity index (χ2n) is 7.18. The van der Waals surface area contributed by atoms with Gasteiger partial charge in [0.1, 0.15) is 12.1 Å². The molecule has 27 heavy (non-hydrogen) atoms. The van der Waals surface area contributed by atoms with Crippen LogP contribution in [0.15, 0.2) is 0 Å². The molecule has 1 aliphatic heterocycles. The fourth-order valence-electron chi connectivity index (χ4n) is 3.05. The molecule has 0 aromatic heterocycles. The summed E-state index contributed by atoms with van der Waals surface area (Å²) < 4.78 is 0. The highest BCUT2D eigenvalue weighted by Gasteiger charge is 2.37. The van der Waals surface area contributed by atoms with Crippen LogP contribution >= 0.6 is 12.6 Å². The molecule has 0 bridgehead atoms. The van der Waals surface area contributed by atoms with E-state index in [4.69, 9.17) is 11.5 Å². The maximum absolute atomic E-state index is 12.7. The topological polar surface area (TPSA) is 148 Å². The molecule has 1 heterocycles. The number of primary amides is 1. The van der Waals surface area contributed by atoms with Crippen LogP contribution in [-0.4, -0.2) is 65.5 Å². The van der Waals surface area contributed by atoms with E-state index in [1.165, 1.54) is 4.90 Å². The monoisotopic (exact) mass is 401 g/mol. The maximum atomic E-state index is 12.7. The van der Waals surface area contributed by atoms with E-state index in [2.05, 4.69) is 23.3 Å². The molecule has 1 aliphatic rings. The SMILES string of the molecule is CC(C)C[C@H](NC(=O)[C@@H]1CCCN1C(=O)[C@@H](N)CCS)C(=O)NCC(N)=O. The largest absolute Gasteiger partial charge is 0.368 e. The summed E-state index contributed by atoms with van der Waals surface area (Å²) in [7, 11) is 0. The van der Waals surface area contributed by atoms with Crippen LogP contribution in [0.25, 0.3) is 0 Å². The number of thiol groups is 1. The van der Waals surface area contributed by atoms with Gasteiger partial charge in [0.25, 0.3) is 0 Å². The summed E-state index contributed by atoms with van der Waals surface area (Å²) in [6.07, 6.45) is 2.04. The average molecular weight is 402 g/mol. The first kappa shape index (κ1) is 23.2. The van der Waals surface area contributed by atoms with E-state index in [0.29, 0.717) is 38.0 Å². The smallest absolute Gasteiger partial charge is 0.243 e. The molecule has 0 saturated carbocycles. The Labute approximate surface area is 165 Å². The molecule has 154 valence electrons. The van der Waals surface area contributed by atoms with Crippen molar-refractivity contribution >= 4 is 36.3 Å². The van der Waals surface area contributed by atoms with Crippen molar-refractivity contribution in [1.29, 1.82) is 0 Å². The third-order valence-electron chi connectivity index (χ3n) is 4.37. The normalized spacial score (nSPS) is 18.9. The Morgan fingerprint density at radius 1 is 1.26 bits per heavy atom. The highest BCUT2D eigenvalue weighted by molar-refractivity contribution is 7.80. The molecule has 0 spiro atoms. The number of nitrogens with one attached hydrogen (secondary N) is 2. The highest BCUT2D eigenvalue weighted by atomic mass is 32.1. The van der Waals surface area contributed by atoms with Gasteiger partial charge < -0.3 is 27.0 Å². The lowest BCUT2D eigenvalue weighted by molar-refractivity contribution is -0.140. The number of nitrogens with two attached hydrogens (primary N) is 2. The molecule has 0 aromatic carbocycles. The van der Waals surface area contributed by atoms with Crippen molar-refractivity contribution in [3.8, 4) is 0 Å². The van der Waals surface area contributed by atoms with Crippen molar-refractivity contribution in [3.63, 3.8) is 0 Å². The van der Waals surface area contributed by atoms with Crippen molar-refractivity contribution in [3.05, 3.63) is 0 Å². The summed E-state index contributed by atoms with van der Waals surface area (Å²) in [6, 6.07) is -2.15. The first-order chi connectivity index (χ1) is 12.7. The average Bonchev–Trinajstić information content (AvgIpc) is 3.07. The van der Waals surface area contributed by atoms with Gasteiger partial charge in [0.05, 0.1) is 12.6 Å². The van der Waals surface area contributed by atoms with Crippen LogP contribution in [-0.2, 0) is 19.2 Å². The first-order valence-corrected chi connectivity index (χ1v) is 9.83. The Balaban J connectivity index is 2.79. The van der Waals surface area contributed by atoms with Gasteiger partial charge in [-0.05, 0) is 37.4 Å². The van der Waals surface area contributed by atoms with Gasteiger partial charge >= 0.3 is 0 Å². The van der Waals surface area contributed by atoms with Crippen LogP contribution in [0.4, 0.5) is 0 Å². The summed E-state index contributed by atoms with van der Waals surface area (Å²) in [5.74, 6) is -1.19. The van der Waals surface area contributed by atoms with Gasteiger partial charge in [0, 0.05) is 6.54 Å². The number of carbonyl (C=O) groups excluding carboxylic acids is 4. The molecule has 6 N–H and O–H groups in total. The van der Waals surface area contributed by atoms with E-state index in [-0.39, 0.29) is 18.4 Å². The molecule has 1 rings (SSSR count). The van der Waals surface area contributed by atoms with Crippen LogP contribution in [0, 0.1) is 5.92 Å². The van der Waals surface area contributed by atoms with Crippen molar-refractivity contribution in [2.24, 2.45) is 17.4 Å². The van der Waals surface area contributed by atoms with E-state index in [1.807, 2.05) is 13.8 Å². The van der Waals surface area contributed by atoms with Gasteiger partial charge in [-0.1, -0.05) is 13.8 Å². The number of carbonyl (C=O) groups is 4. The van der Waals surface area contributed by atoms with E-state index in [0.717, 1.165) is 0 Å². The van der Waals surface area contributed by atoms with E-state index in [9.17, 15) is 19.2 Å². The summed E-state index contributed by atoms with van der Waals surface area (Å²) in [6.45, 7) is 4.00. The molecule has 9 nitrogen and oxygen atoms in total. The molecule has 0 aliphatic carbocycles. The molecule has 0 radical (unpaired) electrons. The summed E-state index contributed by atoms with van der Waals surface area (Å²) in [5, 5.41) is 5.13. The van der Waals surface area contributed by atoms with Gasteiger partial charge in [-0.25, -0.2) is 0 Å². The molecule has 4 amide bonds. The molecule has 10 heteroatoms. The molecular formula is C17H31N5O4S. The predicted octanol–water partition coefficient (Wildman–Crippen LogP) is -1.24. The van der Waals surface area contributed by atoms with Gasteiger partial charge in [-0.2, -0.15) is 12.6 Å². The number of hydrogen-bond donors (Lipinski definition) is 5.